The normalized spacial score (nSPS) is 11.5. The van der Waals surface area contributed by atoms with Crippen LogP contribution in [0, 0.1) is 0 Å². The summed E-state index contributed by atoms with van der Waals surface area (Å²) in [6.07, 6.45) is 0. The van der Waals surface area contributed by atoms with Gasteiger partial charge in [0.2, 0.25) is 0 Å². The Balaban J connectivity index is 1.15. The molecule has 8 heteroatoms. The Morgan fingerprint density at radius 1 is 0.235 bits per heavy atom. The molecule has 4 heterocycles. The fraction of sp³-hybridized carbons (Fsp3) is 0. The van der Waals surface area contributed by atoms with Gasteiger partial charge in [0, 0.05) is 66.3 Å². The van der Waals surface area contributed by atoms with Gasteiger partial charge in [-0.3, -0.25) is 0 Å². The second-order valence-electron chi connectivity index (χ2n) is 16.7. The van der Waals surface area contributed by atoms with Gasteiger partial charge in [-0.25, -0.2) is 29.9 Å². The lowest BCUT2D eigenvalue weighted by Gasteiger charge is -2.15. The number of aromatic nitrogens is 8. The third-order valence-corrected chi connectivity index (χ3v) is 12.6. The van der Waals surface area contributed by atoms with E-state index in [-0.39, 0.29) is 0 Å². The predicted octanol–water partition coefficient (Wildman–Crippen LogP) is 14.3. The number of rotatable bonds is 8. The van der Waals surface area contributed by atoms with Crippen molar-refractivity contribution in [3.05, 3.63) is 231 Å². The van der Waals surface area contributed by atoms with E-state index in [1.807, 2.05) is 121 Å². The third kappa shape index (κ3) is 6.70. The highest BCUT2D eigenvalue weighted by Crippen LogP contribution is 2.43. The topological polar surface area (TPSA) is 87.2 Å². The molecule has 0 saturated heterocycles. The SMILES string of the molecule is c1ccc(-c2nc(-c3ccccc3)nc(-c3cc(-c4nc(-c5ccccc5)nc(-c5ccccc5)n4)cc(-n4c5ccccc5c5ccc6c(c7ccccc7n6-c6ccccc6)c54)c3)n2)cc1. The maximum Gasteiger partial charge on any atom is 0.164 e. The highest BCUT2D eigenvalue weighted by atomic mass is 15.1. The maximum atomic E-state index is 5.25. The van der Waals surface area contributed by atoms with Crippen molar-refractivity contribution in [1.82, 2.24) is 39.0 Å². The van der Waals surface area contributed by atoms with Crippen LogP contribution in [0.15, 0.2) is 231 Å². The molecule has 0 N–H and O–H groups in total. The van der Waals surface area contributed by atoms with Crippen LogP contribution >= 0.6 is 0 Å². The summed E-state index contributed by atoms with van der Waals surface area (Å²) in [5.74, 6) is 3.34. The highest BCUT2D eigenvalue weighted by Gasteiger charge is 2.23. The first kappa shape index (κ1) is 39.0. The van der Waals surface area contributed by atoms with E-state index in [0.29, 0.717) is 34.9 Å². The fourth-order valence-corrected chi connectivity index (χ4v) is 9.51. The molecule has 68 heavy (non-hydrogen) atoms. The Labute approximate surface area is 391 Å². The molecule has 13 rings (SSSR count). The molecule has 0 saturated carbocycles. The van der Waals surface area contributed by atoms with Crippen molar-refractivity contribution >= 4 is 43.6 Å². The number of hydrogen-bond donors (Lipinski definition) is 0. The van der Waals surface area contributed by atoms with E-state index in [9.17, 15) is 0 Å². The summed E-state index contributed by atoms with van der Waals surface area (Å²) in [5.41, 5.74) is 11.5. The van der Waals surface area contributed by atoms with E-state index in [4.69, 9.17) is 29.9 Å². The molecule has 0 unspecified atom stereocenters. The number of nitrogens with zero attached hydrogens (tertiary/aromatic N) is 8. The van der Waals surface area contributed by atoms with Crippen LogP contribution in [0.5, 0.6) is 0 Å². The lowest BCUT2D eigenvalue weighted by atomic mass is 10.1. The van der Waals surface area contributed by atoms with Crippen molar-refractivity contribution in [2.24, 2.45) is 0 Å². The van der Waals surface area contributed by atoms with E-state index in [1.165, 1.54) is 0 Å². The molecule has 0 aliphatic carbocycles. The minimum atomic E-state index is 0.521. The number of fused-ring (bicyclic) bond motifs is 7. The average Bonchev–Trinajstić information content (AvgIpc) is 3.95. The Hall–Kier alpha value is -9.40. The number of para-hydroxylation sites is 3. The molecule has 0 bridgehead atoms. The van der Waals surface area contributed by atoms with Gasteiger partial charge in [-0.15, -0.1) is 0 Å². The first-order valence-corrected chi connectivity index (χ1v) is 22.6. The first-order chi connectivity index (χ1) is 33.7. The van der Waals surface area contributed by atoms with Crippen molar-refractivity contribution < 1.29 is 0 Å². The molecular formula is C60H38N8. The molecule has 13 aromatic rings. The van der Waals surface area contributed by atoms with Gasteiger partial charge in [0.1, 0.15) is 0 Å². The summed E-state index contributed by atoms with van der Waals surface area (Å²) in [5, 5.41) is 4.60. The van der Waals surface area contributed by atoms with Crippen molar-refractivity contribution in [3.63, 3.8) is 0 Å². The monoisotopic (exact) mass is 870 g/mol. The molecule has 0 amide bonds. The van der Waals surface area contributed by atoms with Crippen molar-refractivity contribution in [3.8, 4) is 79.7 Å². The molecule has 0 aliphatic rings. The van der Waals surface area contributed by atoms with Crippen LogP contribution in [0.1, 0.15) is 0 Å². The zero-order valence-electron chi connectivity index (χ0n) is 36.5. The summed E-state index contributed by atoms with van der Waals surface area (Å²) >= 11 is 0. The Morgan fingerprint density at radius 3 is 1.06 bits per heavy atom. The van der Waals surface area contributed by atoms with Crippen LogP contribution in [-0.4, -0.2) is 39.0 Å². The van der Waals surface area contributed by atoms with Gasteiger partial charge in [0.25, 0.3) is 0 Å². The molecule has 0 fully saturated rings. The van der Waals surface area contributed by atoms with Crippen LogP contribution < -0.4 is 0 Å². The van der Waals surface area contributed by atoms with Gasteiger partial charge < -0.3 is 9.13 Å². The van der Waals surface area contributed by atoms with Crippen LogP contribution in [0.2, 0.25) is 0 Å². The lowest BCUT2D eigenvalue weighted by molar-refractivity contribution is 1.06. The van der Waals surface area contributed by atoms with Crippen LogP contribution in [-0.2, 0) is 0 Å². The zero-order chi connectivity index (χ0) is 45.0. The molecule has 318 valence electrons. The van der Waals surface area contributed by atoms with Gasteiger partial charge in [0.15, 0.2) is 34.9 Å². The van der Waals surface area contributed by atoms with Crippen molar-refractivity contribution in [2.75, 3.05) is 0 Å². The summed E-state index contributed by atoms with van der Waals surface area (Å²) in [6, 6.07) is 79.3. The number of benzene rings is 9. The highest BCUT2D eigenvalue weighted by molar-refractivity contribution is 6.26. The van der Waals surface area contributed by atoms with Crippen molar-refractivity contribution in [2.45, 2.75) is 0 Å². The smallest absolute Gasteiger partial charge is 0.164 e. The van der Waals surface area contributed by atoms with Gasteiger partial charge >= 0.3 is 0 Å². The third-order valence-electron chi connectivity index (χ3n) is 12.6. The van der Waals surface area contributed by atoms with Gasteiger partial charge in [0.05, 0.1) is 22.1 Å². The quantitative estimate of drug-likeness (QED) is 0.151. The first-order valence-electron chi connectivity index (χ1n) is 22.6. The largest absolute Gasteiger partial charge is 0.309 e. The standard InChI is InChI=1S/C60H38N8/c1-6-20-39(21-7-1)55-61-56(40-22-8-2-9-23-40)64-59(63-55)43-36-44(60-65-57(41-24-10-3-11-25-41)62-58(66-60)42-26-12-4-13-27-42)38-46(37-43)68-50-32-18-16-30-47(50)48-34-35-52-53(54(48)68)49-31-17-19-33-51(49)67(52)45-28-14-5-15-29-45/h1-38H. The maximum absolute atomic E-state index is 5.25. The summed E-state index contributed by atoms with van der Waals surface area (Å²) in [4.78, 5) is 31.1. The van der Waals surface area contributed by atoms with E-state index in [2.05, 4.69) is 118 Å². The summed E-state index contributed by atoms with van der Waals surface area (Å²) < 4.78 is 4.77. The fourth-order valence-electron chi connectivity index (χ4n) is 9.51. The Kier molecular flexibility index (Phi) is 9.31. The molecule has 8 nitrogen and oxygen atoms in total. The molecule has 0 spiro atoms. The van der Waals surface area contributed by atoms with Crippen LogP contribution in [0.25, 0.3) is 123 Å². The molecule has 0 radical (unpaired) electrons. The summed E-state index contributed by atoms with van der Waals surface area (Å²) in [7, 11) is 0. The lowest BCUT2D eigenvalue weighted by Crippen LogP contribution is -2.03. The van der Waals surface area contributed by atoms with Crippen LogP contribution in [0.3, 0.4) is 0 Å². The van der Waals surface area contributed by atoms with Gasteiger partial charge in [-0.1, -0.05) is 182 Å². The van der Waals surface area contributed by atoms with Gasteiger partial charge in [-0.2, -0.15) is 0 Å². The zero-order valence-corrected chi connectivity index (χ0v) is 36.5. The predicted molar refractivity (Wildman–Crippen MR) is 275 cm³/mol. The van der Waals surface area contributed by atoms with E-state index >= 15 is 0 Å². The minimum Gasteiger partial charge on any atom is -0.309 e. The van der Waals surface area contributed by atoms with E-state index < -0.39 is 0 Å². The molecular weight excluding hydrogens is 833 g/mol. The Bertz CT molecular complexity index is 3740. The van der Waals surface area contributed by atoms with Gasteiger partial charge in [-0.05, 0) is 48.5 Å². The second-order valence-corrected chi connectivity index (χ2v) is 16.7. The van der Waals surface area contributed by atoms with Crippen molar-refractivity contribution in [1.29, 1.82) is 0 Å². The molecule has 0 aliphatic heterocycles. The van der Waals surface area contributed by atoms with E-state index in [0.717, 1.165) is 88.4 Å². The number of hydrogen-bond acceptors (Lipinski definition) is 6. The Morgan fingerprint density at radius 2 is 0.603 bits per heavy atom. The second kappa shape index (κ2) is 16.2. The summed E-state index contributed by atoms with van der Waals surface area (Å²) in [6.45, 7) is 0. The minimum absolute atomic E-state index is 0.521. The molecule has 9 aromatic carbocycles. The average molecular weight is 871 g/mol. The van der Waals surface area contributed by atoms with E-state index in [1.54, 1.807) is 0 Å². The van der Waals surface area contributed by atoms with Crippen LogP contribution in [0.4, 0.5) is 0 Å². The molecule has 0 atom stereocenters. The molecule has 4 aromatic heterocycles.